The van der Waals surface area contributed by atoms with Gasteiger partial charge in [0.1, 0.15) is 5.69 Å². The zero-order valence-electron chi connectivity index (χ0n) is 18.0. The van der Waals surface area contributed by atoms with Gasteiger partial charge in [-0.05, 0) is 51.0 Å². The van der Waals surface area contributed by atoms with Crippen molar-refractivity contribution in [2.75, 3.05) is 32.1 Å². The first kappa shape index (κ1) is 20.4. The van der Waals surface area contributed by atoms with E-state index in [-0.39, 0.29) is 11.8 Å². The van der Waals surface area contributed by atoms with Gasteiger partial charge >= 0.3 is 0 Å². The van der Waals surface area contributed by atoms with Crippen LogP contribution >= 0.6 is 0 Å². The second-order valence-electron chi connectivity index (χ2n) is 7.90. The van der Waals surface area contributed by atoms with Crippen LogP contribution in [-0.4, -0.2) is 56.9 Å². The van der Waals surface area contributed by atoms with Crippen molar-refractivity contribution in [2.45, 2.75) is 32.6 Å². The quantitative estimate of drug-likeness (QED) is 0.699. The van der Waals surface area contributed by atoms with Gasteiger partial charge in [-0.1, -0.05) is 13.3 Å². The van der Waals surface area contributed by atoms with Crippen LogP contribution in [0.25, 0.3) is 16.8 Å². The monoisotopic (exact) mass is 410 g/mol. The van der Waals surface area contributed by atoms with Crippen molar-refractivity contribution >= 4 is 17.2 Å². The number of aromatic nitrogens is 4. The van der Waals surface area contributed by atoms with E-state index in [1.54, 1.807) is 22.5 Å². The van der Waals surface area contributed by atoms with Gasteiger partial charge in [0.05, 0.1) is 18.8 Å². The average molecular weight is 411 g/mol. The minimum atomic E-state index is 0.0678. The maximum absolute atomic E-state index is 12.1. The number of hydrogen-bond acceptors (Lipinski definition) is 5. The summed E-state index contributed by atoms with van der Waals surface area (Å²) in [5.74, 6) is 1.52. The Morgan fingerprint density at radius 3 is 2.63 bits per heavy atom. The van der Waals surface area contributed by atoms with E-state index >= 15 is 0 Å². The van der Waals surface area contributed by atoms with Crippen LogP contribution in [0.4, 0.5) is 5.82 Å². The number of ether oxygens (including phenoxy) is 1. The van der Waals surface area contributed by atoms with Gasteiger partial charge in [0.2, 0.25) is 5.91 Å². The Bertz CT molecular complexity index is 1010. The SMILES string of the molecule is CCN1CCC1.COc1cnn(C)c1-c1ccn2nc(NC(=O)C3CCC3)cc2c1. The Kier molecular flexibility index (Phi) is 6.03. The van der Waals surface area contributed by atoms with Crippen molar-refractivity contribution < 1.29 is 9.53 Å². The van der Waals surface area contributed by atoms with E-state index < -0.39 is 0 Å². The highest BCUT2D eigenvalue weighted by Crippen LogP contribution is 2.31. The van der Waals surface area contributed by atoms with Crippen molar-refractivity contribution in [1.82, 2.24) is 24.3 Å². The third-order valence-corrected chi connectivity index (χ3v) is 5.98. The number of anilines is 1. The summed E-state index contributed by atoms with van der Waals surface area (Å²) in [6.07, 6.45) is 8.08. The van der Waals surface area contributed by atoms with E-state index in [1.807, 2.05) is 31.4 Å². The second kappa shape index (κ2) is 8.87. The van der Waals surface area contributed by atoms with Crippen LogP contribution in [-0.2, 0) is 11.8 Å². The summed E-state index contributed by atoms with van der Waals surface area (Å²) >= 11 is 0. The summed E-state index contributed by atoms with van der Waals surface area (Å²) in [6.45, 7) is 6.14. The molecule has 0 radical (unpaired) electrons. The summed E-state index contributed by atoms with van der Waals surface area (Å²) < 4.78 is 8.90. The van der Waals surface area contributed by atoms with Gasteiger partial charge in [-0.15, -0.1) is 0 Å². The first-order chi connectivity index (χ1) is 14.6. The number of nitrogens with one attached hydrogen (secondary N) is 1. The Labute approximate surface area is 176 Å². The van der Waals surface area contributed by atoms with E-state index in [9.17, 15) is 4.79 Å². The van der Waals surface area contributed by atoms with E-state index in [2.05, 4.69) is 27.3 Å². The lowest BCUT2D eigenvalue weighted by atomic mass is 9.85. The summed E-state index contributed by atoms with van der Waals surface area (Å²) in [6, 6.07) is 5.84. The number of pyridine rings is 1. The number of fused-ring (bicyclic) bond motifs is 1. The molecule has 0 bridgehead atoms. The van der Waals surface area contributed by atoms with E-state index in [0.29, 0.717) is 5.82 Å². The van der Waals surface area contributed by atoms with Gasteiger partial charge in [-0.3, -0.25) is 9.48 Å². The van der Waals surface area contributed by atoms with Gasteiger partial charge in [-0.25, -0.2) is 4.52 Å². The molecule has 2 aliphatic rings. The third kappa shape index (κ3) is 4.18. The van der Waals surface area contributed by atoms with Crippen LogP contribution in [0.5, 0.6) is 5.75 Å². The van der Waals surface area contributed by atoms with Gasteiger partial charge in [0.25, 0.3) is 0 Å². The number of carbonyl (C=O) groups is 1. The van der Waals surface area contributed by atoms with Crippen LogP contribution < -0.4 is 10.1 Å². The van der Waals surface area contributed by atoms with E-state index in [4.69, 9.17) is 4.74 Å². The molecule has 1 aliphatic heterocycles. The minimum absolute atomic E-state index is 0.0678. The van der Waals surface area contributed by atoms with Crippen LogP contribution in [0.3, 0.4) is 0 Å². The topological polar surface area (TPSA) is 76.7 Å². The molecule has 3 aromatic rings. The molecule has 3 aromatic heterocycles. The van der Waals surface area contributed by atoms with E-state index in [0.717, 1.165) is 41.8 Å². The van der Waals surface area contributed by atoms with Gasteiger partial charge in [0, 0.05) is 30.8 Å². The number of amides is 1. The first-order valence-corrected chi connectivity index (χ1v) is 10.7. The molecule has 8 heteroatoms. The zero-order chi connectivity index (χ0) is 21.1. The third-order valence-electron chi connectivity index (χ3n) is 5.98. The molecule has 1 saturated heterocycles. The highest BCUT2D eigenvalue weighted by atomic mass is 16.5. The summed E-state index contributed by atoms with van der Waals surface area (Å²) in [5.41, 5.74) is 2.79. The highest BCUT2D eigenvalue weighted by molar-refractivity contribution is 5.92. The summed E-state index contributed by atoms with van der Waals surface area (Å²) in [4.78, 5) is 14.5. The fraction of sp³-hybridized carbons (Fsp3) is 0.500. The van der Waals surface area contributed by atoms with Gasteiger partial charge < -0.3 is 15.0 Å². The minimum Gasteiger partial charge on any atom is -0.493 e. The Morgan fingerprint density at radius 2 is 2.07 bits per heavy atom. The summed E-state index contributed by atoms with van der Waals surface area (Å²) in [7, 11) is 3.51. The number of nitrogens with zero attached hydrogens (tertiary/aromatic N) is 5. The molecule has 1 saturated carbocycles. The van der Waals surface area contributed by atoms with Crippen molar-refractivity contribution in [3.63, 3.8) is 0 Å². The van der Waals surface area contributed by atoms with Gasteiger partial charge in [0.15, 0.2) is 11.6 Å². The molecule has 1 aliphatic carbocycles. The predicted molar refractivity (Wildman–Crippen MR) is 117 cm³/mol. The Morgan fingerprint density at radius 1 is 1.27 bits per heavy atom. The van der Waals surface area contributed by atoms with Crippen LogP contribution in [0, 0.1) is 5.92 Å². The smallest absolute Gasteiger partial charge is 0.228 e. The number of carbonyl (C=O) groups excluding carboxylic acids is 1. The maximum Gasteiger partial charge on any atom is 0.228 e. The van der Waals surface area contributed by atoms with Crippen LogP contribution in [0.15, 0.2) is 30.6 Å². The molecule has 30 heavy (non-hydrogen) atoms. The molecule has 2 fully saturated rings. The molecular weight excluding hydrogens is 380 g/mol. The number of methoxy groups -OCH3 is 1. The molecule has 0 unspecified atom stereocenters. The molecule has 0 atom stereocenters. The molecule has 160 valence electrons. The summed E-state index contributed by atoms with van der Waals surface area (Å²) in [5, 5.41) is 11.6. The fourth-order valence-corrected chi connectivity index (χ4v) is 3.70. The second-order valence-corrected chi connectivity index (χ2v) is 7.90. The Hall–Kier alpha value is -2.87. The molecule has 4 heterocycles. The largest absolute Gasteiger partial charge is 0.493 e. The van der Waals surface area contributed by atoms with Crippen molar-refractivity contribution in [3.8, 4) is 17.0 Å². The lowest BCUT2D eigenvalue weighted by Crippen LogP contribution is -2.36. The highest BCUT2D eigenvalue weighted by Gasteiger charge is 2.25. The standard InChI is InChI=1S/C17H19N5O2.C5H11N/c1-21-16(14(24-2)10-18-21)12-6-7-22-13(8-12)9-15(20-22)19-17(23)11-4-3-5-11;1-2-6-4-3-5-6/h6-11H,3-5H2,1-2H3,(H,19,20,23);2-5H2,1H3. The molecule has 8 nitrogen and oxygen atoms in total. The average Bonchev–Trinajstić information content (AvgIpc) is 3.21. The maximum atomic E-state index is 12.1. The molecule has 1 N–H and O–H groups in total. The lowest BCUT2D eigenvalue weighted by molar-refractivity contribution is -0.122. The van der Waals surface area contributed by atoms with Crippen LogP contribution in [0.1, 0.15) is 32.6 Å². The van der Waals surface area contributed by atoms with E-state index in [1.165, 1.54) is 26.1 Å². The van der Waals surface area contributed by atoms with Gasteiger partial charge in [-0.2, -0.15) is 10.2 Å². The van der Waals surface area contributed by atoms with Crippen LogP contribution in [0.2, 0.25) is 0 Å². The molecule has 0 aromatic carbocycles. The van der Waals surface area contributed by atoms with Crippen molar-refractivity contribution in [3.05, 3.63) is 30.6 Å². The zero-order valence-corrected chi connectivity index (χ0v) is 18.0. The first-order valence-electron chi connectivity index (χ1n) is 10.7. The fourth-order valence-electron chi connectivity index (χ4n) is 3.70. The molecular formula is C22H30N6O2. The normalized spacial score (nSPS) is 16.4. The Balaban J connectivity index is 0.000000313. The number of hydrogen-bond donors (Lipinski definition) is 1. The van der Waals surface area contributed by atoms with Crippen molar-refractivity contribution in [1.29, 1.82) is 0 Å². The number of aryl methyl sites for hydroxylation is 1. The molecule has 0 spiro atoms. The predicted octanol–water partition coefficient (Wildman–Crippen LogP) is 3.19. The molecule has 1 amide bonds. The lowest BCUT2D eigenvalue weighted by Gasteiger charge is -2.28. The number of likely N-dealkylation sites (tertiary alicyclic amines) is 1. The van der Waals surface area contributed by atoms with Crippen molar-refractivity contribution in [2.24, 2.45) is 13.0 Å². The molecule has 5 rings (SSSR count). The number of rotatable bonds is 5.